The predicted octanol–water partition coefficient (Wildman–Crippen LogP) is 0.930. The molecule has 20 heavy (non-hydrogen) atoms. The number of rotatable bonds is 5. The highest BCUT2D eigenvalue weighted by molar-refractivity contribution is 7.89. The van der Waals surface area contributed by atoms with Gasteiger partial charge >= 0.3 is 0 Å². The van der Waals surface area contributed by atoms with E-state index in [2.05, 4.69) is 5.32 Å². The first-order valence-corrected chi connectivity index (χ1v) is 7.88. The number of nitrogens with one attached hydrogen (secondary N) is 1. The first-order chi connectivity index (χ1) is 9.32. The molecule has 0 aliphatic heterocycles. The summed E-state index contributed by atoms with van der Waals surface area (Å²) in [5.41, 5.74) is 0.670. The van der Waals surface area contributed by atoms with Crippen LogP contribution in [0.2, 0.25) is 0 Å². The smallest absolute Gasteiger partial charge is 0.241 e. The number of nitrogens with two attached hydrogens (primary N) is 1. The van der Waals surface area contributed by atoms with Gasteiger partial charge in [-0.25, -0.2) is 13.6 Å². The fourth-order valence-corrected chi connectivity index (χ4v) is 2.68. The first-order valence-electron chi connectivity index (χ1n) is 6.34. The molecular formula is C13H18N2O4S. The van der Waals surface area contributed by atoms with Crippen LogP contribution in [0.5, 0.6) is 5.75 Å². The molecule has 0 bridgehead atoms. The normalized spacial score (nSPS) is 16.6. The maximum atomic E-state index is 11.7. The van der Waals surface area contributed by atoms with Crippen LogP contribution in [0.15, 0.2) is 23.1 Å². The number of hydrogen-bond donors (Lipinski definition) is 2. The van der Waals surface area contributed by atoms with E-state index in [1.165, 1.54) is 19.2 Å². The molecule has 0 aromatic heterocycles. The Morgan fingerprint density at radius 3 is 2.60 bits per heavy atom. The van der Waals surface area contributed by atoms with Gasteiger partial charge in [0.25, 0.3) is 0 Å². The number of primary sulfonamides is 1. The molecule has 1 amide bonds. The molecule has 2 rings (SSSR count). The van der Waals surface area contributed by atoms with Crippen molar-refractivity contribution in [3.8, 4) is 5.75 Å². The van der Waals surface area contributed by atoms with Crippen molar-refractivity contribution in [1.29, 1.82) is 0 Å². The molecule has 1 fully saturated rings. The van der Waals surface area contributed by atoms with Crippen LogP contribution in [-0.2, 0) is 14.8 Å². The Kier molecular flexibility index (Phi) is 4.01. The molecule has 1 unspecified atom stereocenters. The first kappa shape index (κ1) is 14.8. The van der Waals surface area contributed by atoms with Crippen molar-refractivity contribution in [2.24, 2.45) is 11.1 Å². The minimum absolute atomic E-state index is 0.00507. The van der Waals surface area contributed by atoms with Crippen LogP contribution >= 0.6 is 0 Å². The molecule has 7 heteroatoms. The molecule has 3 N–H and O–H groups in total. The number of hydrogen-bond acceptors (Lipinski definition) is 4. The summed E-state index contributed by atoms with van der Waals surface area (Å²) in [5, 5.41) is 8.03. The van der Waals surface area contributed by atoms with E-state index in [-0.39, 0.29) is 28.5 Å². The van der Waals surface area contributed by atoms with Crippen LogP contribution in [0.3, 0.4) is 0 Å². The van der Waals surface area contributed by atoms with Gasteiger partial charge in [0.2, 0.25) is 15.9 Å². The fourth-order valence-electron chi connectivity index (χ4n) is 1.95. The highest BCUT2D eigenvalue weighted by Gasteiger charge is 2.30. The van der Waals surface area contributed by atoms with Crippen molar-refractivity contribution in [2.75, 3.05) is 7.11 Å². The highest BCUT2D eigenvalue weighted by atomic mass is 32.2. The van der Waals surface area contributed by atoms with Crippen molar-refractivity contribution in [2.45, 2.75) is 30.7 Å². The number of carbonyl (C=O) groups is 1. The van der Waals surface area contributed by atoms with E-state index in [9.17, 15) is 13.2 Å². The summed E-state index contributed by atoms with van der Waals surface area (Å²) in [6, 6.07) is 4.40. The number of sulfonamides is 1. The van der Waals surface area contributed by atoms with Gasteiger partial charge in [0, 0.05) is 5.92 Å². The summed E-state index contributed by atoms with van der Waals surface area (Å²) in [4.78, 5) is 11.6. The van der Waals surface area contributed by atoms with E-state index in [0.717, 1.165) is 12.8 Å². The van der Waals surface area contributed by atoms with Gasteiger partial charge < -0.3 is 10.1 Å². The Labute approximate surface area is 118 Å². The lowest BCUT2D eigenvalue weighted by molar-refractivity contribution is -0.122. The van der Waals surface area contributed by atoms with Gasteiger partial charge in [-0.05, 0) is 37.5 Å². The van der Waals surface area contributed by atoms with Crippen LogP contribution < -0.4 is 15.2 Å². The molecule has 1 saturated carbocycles. The van der Waals surface area contributed by atoms with Crippen LogP contribution in [0.25, 0.3) is 0 Å². The van der Waals surface area contributed by atoms with Gasteiger partial charge in [0.05, 0.1) is 13.2 Å². The average Bonchev–Trinajstić information content (AvgIpc) is 3.21. The van der Waals surface area contributed by atoms with Gasteiger partial charge in [0.1, 0.15) is 10.6 Å². The molecule has 1 aliphatic carbocycles. The van der Waals surface area contributed by atoms with Crippen LogP contribution in [0.1, 0.15) is 31.4 Å². The number of benzene rings is 1. The summed E-state index contributed by atoms with van der Waals surface area (Å²) >= 11 is 0. The molecule has 0 radical (unpaired) electrons. The zero-order valence-corrected chi connectivity index (χ0v) is 12.2. The molecule has 110 valence electrons. The fraction of sp³-hybridized carbons (Fsp3) is 0.462. The second-order valence-corrected chi connectivity index (χ2v) is 6.49. The Hall–Kier alpha value is -1.60. The standard InChI is InChI=1S/C13H18N2O4S/c1-8(15-13(16)9-3-4-9)10-5-6-11(19-2)12(7-10)20(14,17)18/h5-9H,3-4H2,1-2H3,(H,15,16)(H2,14,17,18). The molecule has 1 aliphatic rings. The molecule has 0 spiro atoms. The van der Waals surface area contributed by atoms with E-state index in [0.29, 0.717) is 5.56 Å². The van der Waals surface area contributed by atoms with Crippen LogP contribution in [0.4, 0.5) is 0 Å². The average molecular weight is 298 g/mol. The zero-order valence-electron chi connectivity index (χ0n) is 11.4. The maximum absolute atomic E-state index is 11.7. The zero-order chi connectivity index (χ0) is 14.9. The summed E-state index contributed by atoms with van der Waals surface area (Å²) in [6.07, 6.45) is 1.84. The van der Waals surface area contributed by atoms with E-state index >= 15 is 0 Å². The molecule has 1 atom stereocenters. The van der Waals surface area contributed by atoms with Crippen molar-refractivity contribution < 1.29 is 17.9 Å². The molecule has 1 aromatic carbocycles. The summed E-state index contributed by atoms with van der Waals surface area (Å²) < 4.78 is 28.1. The molecule has 1 aromatic rings. The van der Waals surface area contributed by atoms with E-state index in [4.69, 9.17) is 9.88 Å². The second kappa shape index (κ2) is 5.41. The third kappa shape index (κ3) is 3.29. The van der Waals surface area contributed by atoms with Crippen molar-refractivity contribution in [3.63, 3.8) is 0 Å². The van der Waals surface area contributed by atoms with Crippen LogP contribution in [-0.4, -0.2) is 21.4 Å². The van der Waals surface area contributed by atoms with Gasteiger partial charge in [-0.2, -0.15) is 0 Å². The third-order valence-electron chi connectivity index (χ3n) is 3.30. The van der Waals surface area contributed by atoms with E-state index in [1.807, 2.05) is 0 Å². The SMILES string of the molecule is COc1ccc(C(C)NC(=O)C2CC2)cc1S(N)(=O)=O. The summed E-state index contributed by atoms with van der Waals surface area (Å²) in [6.45, 7) is 1.80. The van der Waals surface area contributed by atoms with Gasteiger partial charge in [-0.15, -0.1) is 0 Å². The van der Waals surface area contributed by atoms with Gasteiger partial charge in [-0.1, -0.05) is 6.07 Å². The largest absolute Gasteiger partial charge is 0.495 e. The lowest BCUT2D eigenvalue weighted by Gasteiger charge is -2.16. The Balaban J connectivity index is 2.25. The molecule has 6 nitrogen and oxygen atoms in total. The van der Waals surface area contributed by atoms with E-state index in [1.54, 1.807) is 13.0 Å². The number of amides is 1. The summed E-state index contributed by atoms with van der Waals surface area (Å²) in [7, 11) is -2.49. The minimum atomic E-state index is -3.87. The Morgan fingerprint density at radius 2 is 2.10 bits per heavy atom. The summed E-state index contributed by atoms with van der Waals surface area (Å²) in [5.74, 6) is 0.302. The third-order valence-corrected chi connectivity index (χ3v) is 4.23. The number of carbonyl (C=O) groups excluding carboxylic acids is 1. The molecule has 0 saturated heterocycles. The van der Waals surface area contributed by atoms with Crippen molar-refractivity contribution in [3.05, 3.63) is 23.8 Å². The monoisotopic (exact) mass is 298 g/mol. The lowest BCUT2D eigenvalue weighted by atomic mass is 10.1. The Bertz CT molecular complexity index is 623. The van der Waals surface area contributed by atoms with Gasteiger partial charge in [-0.3, -0.25) is 4.79 Å². The predicted molar refractivity (Wildman–Crippen MR) is 73.6 cm³/mol. The Morgan fingerprint density at radius 1 is 1.45 bits per heavy atom. The second-order valence-electron chi connectivity index (χ2n) is 4.96. The lowest BCUT2D eigenvalue weighted by Crippen LogP contribution is -2.28. The molecule has 0 heterocycles. The highest BCUT2D eigenvalue weighted by Crippen LogP contribution is 2.31. The number of ether oxygens (including phenoxy) is 1. The van der Waals surface area contributed by atoms with Gasteiger partial charge in [0.15, 0.2) is 0 Å². The van der Waals surface area contributed by atoms with Crippen molar-refractivity contribution >= 4 is 15.9 Å². The molecular weight excluding hydrogens is 280 g/mol. The maximum Gasteiger partial charge on any atom is 0.241 e. The number of methoxy groups -OCH3 is 1. The van der Waals surface area contributed by atoms with Crippen LogP contribution in [0, 0.1) is 5.92 Å². The minimum Gasteiger partial charge on any atom is -0.495 e. The topological polar surface area (TPSA) is 98.5 Å². The van der Waals surface area contributed by atoms with Crippen molar-refractivity contribution in [1.82, 2.24) is 5.32 Å². The quantitative estimate of drug-likeness (QED) is 0.844. The van der Waals surface area contributed by atoms with E-state index < -0.39 is 10.0 Å².